The Morgan fingerprint density at radius 3 is 1.51 bits per heavy atom. The van der Waals surface area contributed by atoms with Crippen molar-refractivity contribution in [3.63, 3.8) is 0 Å². The van der Waals surface area contributed by atoms with Crippen LogP contribution in [0, 0.1) is 0 Å². The summed E-state index contributed by atoms with van der Waals surface area (Å²) >= 11 is 0. The molecule has 2 N–H and O–H groups in total. The molecule has 0 amide bonds. The summed E-state index contributed by atoms with van der Waals surface area (Å²) in [5.74, 6) is 0.828. The summed E-state index contributed by atoms with van der Waals surface area (Å²) in [6.45, 7) is 4.53. The summed E-state index contributed by atoms with van der Waals surface area (Å²) in [7, 11) is 1.70. The molecule has 5 heteroatoms. The standard InChI is InChI=1S/C44H46N4O/c1-4-6-8-13-17-34-36-23-22-35(45-36)33(16-10-7-5-2)37-25-27-40(47-37)44(31-18-20-32(49-3)21-19-31)42-29-28-41(48-42)43(30-14-11-9-12-15-30)39-26-24-38(34)46-39/h9,11-12,14-15,18-29,45,48H,4-8,10,13,16-17H2,1-3H3. The van der Waals surface area contributed by atoms with Crippen molar-refractivity contribution in [2.24, 2.45) is 0 Å². The molecule has 0 radical (unpaired) electrons. The molecule has 49 heavy (non-hydrogen) atoms. The second-order valence-corrected chi connectivity index (χ2v) is 13.1. The minimum atomic E-state index is 0.828. The number of hydrogen-bond donors (Lipinski definition) is 2. The van der Waals surface area contributed by atoms with Crippen molar-refractivity contribution in [2.45, 2.75) is 71.6 Å². The van der Waals surface area contributed by atoms with Gasteiger partial charge < -0.3 is 14.7 Å². The average molecular weight is 647 g/mol. The van der Waals surface area contributed by atoms with Crippen LogP contribution >= 0.6 is 0 Å². The normalized spacial score (nSPS) is 12.1. The average Bonchev–Trinajstić information content (AvgIpc) is 3.97. The fourth-order valence-corrected chi connectivity index (χ4v) is 7.10. The van der Waals surface area contributed by atoms with E-state index in [1.165, 1.54) is 43.2 Å². The molecule has 3 aromatic heterocycles. The van der Waals surface area contributed by atoms with Gasteiger partial charge in [-0.15, -0.1) is 0 Å². The van der Waals surface area contributed by atoms with Crippen LogP contribution in [0.1, 0.15) is 92.7 Å². The van der Waals surface area contributed by atoms with E-state index < -0.39 is 0 Å². The fourth-order valence-electron chi connectivity index (χ4n) is 7.10. The minimum Gasteiger partial charge on any atom is -0.497 e. The van der Waals surface area contributed by atoms with Gasteiger partial charge in [-0.3, -0.25) is 0 Å². The van der Waals surface area contributed by atoms with E-state index in [4.69, 9.17) is 14.7 Å². The van der Waals surface area contributed by atoms with E-state index in [-0.39, 0.29) is 0 Å². The minimum absolute atomic E-state index is 0.828. The van der Waals surface area contributed by atoms with Crippen LogP contribution in [0.4, 0.5) is 0 Å². The number of hydrogen-bond acceptors (Lipinski definition) is 3. The number of methoxy groups -OCH3 is 1. The van der Waals surface area contributed by atoms with E-state index in [2.05, 4.69) is 115 Å². The van der Waals surface area contributed by atoms with Crippen molar-refractivity contribution in [3.8, 4) is 28.0 Å². The molecular formula is C44H46N4O. The maximum absolute atomic E-state index is 5.51. The zero-order valence-corrected chi connectivity index (χ0v) is 29.0. The molecule has 5 aromatic rings. The number of ether oxygens (including phenoxy) is 1. The van der Waals surface area contributed by atoms with Crippen molar-refractivity contribution in [3.05, 3.63) is 113 Å². The Hall–Kier alpha value is -5.16. The Morgan fingerprint density at radius 1 is 0.490 bits per heavy atom. The molecule has 0 spiro atoms. The van der Waals surface area contributed by atoms with E-state index in [9.17, 15) is 0 Å². The lowest BCUT2D eigenvalue weighted by Crippen LogP contribution is -1.94. The summed E-state index contributed by atoms with van der Waals surface area (Å²) in [6.07, 6.45) is 19.0. The van der Waals surface area contributed by atoms with Gasteiger partial charge in [0, 0.05) is 44.3 Å². The monoisotopic (exact) mass is 646 g/mol. The molecule has 5 nitrogen and oxygen atoms in total. The second kappa shape index (κ2) is 14.9. The lowest BCUT2D eigenvalue weighted by molar-refractivity contribution is 0.415. The van der Waals surface area contributed by atoms with Crippen LogP contribution in [-0.2, 0) is 12.8 Å². The summed E-state index contributed by atoms with van der Waals surface area (Å²) in [6, 6.07) is 27.8. The molecule has 2 aromatic carbocycles. The number of unbranched alkanes of at least 4 members (excludes halogenated alkanes) is 5. The molecule has 0 saturated carbocycles. The predicted octanol–water partition coefficient (Wildman–Crippen LogP) is 11.9. The molecule has 8 bridgehead atoms. The van der Waals surface area contributed by atoms with Crippen LogP contribution in [0.5, 0.6) is 5.75 Å². The number of aromatic amines is 2. The highest BCUT2D eigenvalue weighted by Crippen LogP contribution is 2.35. The van der Waals surface area contributed by atoms with E-state index in [1.54, 1.807) is 7.11 Å². The van der Waals surface area contributed by atoms with Crippen molar-refractivity contribution in [2.75, 3.05) is 7.11 Å². The van der Waals surface area contributed by atoms with E-state index in [0.717, 1.165) is 98.5 Å². The van der Waals surface area contributed by atoms with Crippen molar-refractivity contribution in [1.82, 2.24) is 19.9 Å². The number of benzene rings is 2. The lowest BCUT2D eigenvalue weighted by Gasteiger charge is -2.07. The third kappa shape index (κ3) is 6.89. The summed E-state index contributed by atoms with van der Waals surface area (Å²) in [4.78, 5) is 18.5. The van der Waals surface area contributed by atoms with Gasteiger partial charge >= 0.3 is 0 Å². The van der Waals surface area contributed by atoms with Gasteiger partial charge in [-0.1, -0.05) is 88.4 Å². The Labute approximate surface area is 289 Å². The van der Waals surface area contributed by atoms with Crippen molar-refractivity contribution < 1.29 is 4.74 Å². The van der Waals surface area contributed by atoms with Crippen LogP contribution in [0.15, 0.2) is 78.9 Å². The highest BCUT2D eigenvalue weighted by molar-refractivity contribution is 5.95. The first kappa shape index (κ1) is 32.4. The zero-order chi connectivity index (χ0) is 33.6. The number of aromatic nitrogens is 4. The SMILES string of the molecule is CCCCCCc1c2nc(c(-c3ccccc3)c3ccc([nH]3)c(-c3ccc(OC)cc3)c3nc(c(CCCCC)c4ccc1[nH]4)C=C3)C=C2. The maximum atomic E-state index is 5.51. The third-order valence-corrected chi connectivity index (χ3v) is 9.72. The van der Waals surface area contributed by atoms with Gasteiger partial charge in [0.05, 0.1) is 29.9 Å². The van der Waals surface area contributed by atoms with Crippen molar-refractivity contribution in [1.29, 1.82) is 0 Å². The molecule has 0 unspecified atom stereocenters. The van der Waals surface area contributed by atoms with Gasteiger partial charge in [0.25, 0.3) is 0 Å². The van der Waals surface area contributed by atoms with Gasteiger partial charge in [-0.2, -0.15) is 0 Å². The van der Waals surface area contributed by atoms with Crippen LogP contribution in [-0.4, -0.2) is 27.0 Å². The highest BCUT2D eigenvalue weighted by Gasteiger charge is 2.17. The van der Waals surface area contributed by atoms with Crippen LogP contribution in [0.2, 0.25) is 0 Å². The predicted molar refractivity (Wildman–Crippen MR) is 207 cm³/mol. The molecule has 0 saturated heterocycles. The number of rotatable bonds is 12. The van der Waals surface area contributed by atoms with E-state index in [0.29, 0.717) is 0 Å². The van der Waals surface area contributed by atoms with Crippen LogP contribution in [0.3, 0.4) is 0 Å². The smallest absolute Gasteiger partial charge is 0.118 e. The largest absolute Gasteiger partial charge is 0.497 e. The number of fused-ring (bicyclic) bond motifs is 8. The first-order valence-electron chi connectivity index (χ1n) is 18.0. The number of nitrogens with zero attached hydrogens (tertiary/aromatic N) is 2. The molecule has 0 fully saturated rings. The topological polar surface area (TPSA) is 66.6 Å². The quantitative estimate of drug-likeness (QED) is 0.130. The number of H-pyrrole nitrogens is 2. The Bertz CT molecular complexity index is 2150. The lowest BCUT2D eigenvalue weighted by atomic mass is 10.0. The summed E-state index contributed by atoms with van der Waals surface area (Å²) in [5.41, 5.74) is 15.2. The second-order valence-electron chi connectivity index (χ2n) is 13.1. The molecule has 7 rings (SSSR count). The van der Waals surface area contributed by atoms with Crippen LogP contribution in [0.25, 0.3) is 68.6 Å². The molecule has 2 aliphatic heterocycles. The first-order valence-corrected chi connectivity index (χ1v) is 18.0. The third-order valence-electron chi connectivity index (χ3n) is 9.72. The Kier molecular flexibility index (Phi) is 9.88. The van der Waals surface area contributed by atoms with Crippen LogP contribution < -0.4 is 4.74 Å². The van der Waals surface area contributed by atoms with Gasteiger partial charge in [0.1, 0.15) is 5.75 Å². The van der Waals surface area contributed by atoms with Gasteiger partial charge in [0.15, 0.2) is 0 Å². The van der Waals surface area contributed by atoms with Crippen molar-refractivity contribution >= 4 is 46.4 Å². The summed E-state index contributed by atoms with van der Waals surface area (Å²) in [5, 5.41) is 0. The van der Waals surface area contributed by atoms with E-state index in [1.807, 2.05) is 12.1 Å². The number of aryl methyl sites for hydroxylation is 2. The molecular weight excluding hydrogens is 601 g/mol. The molecule has 5 heterocycles. The molecule has 2 aliphatic rings. The fraction of sp³-hybridized carbons (Fsp3) is 0.273. The number of nitrogens with one attached hydrogen (secondary N) is 2. The summed E-state index contributed by atoms with van der Waals surface area (Å²) < 4.78 is 5.51. The maximum Gasteiger partial charge on any atom is 0.118 e. The van der Waals surface area contributed by atoms with Gasteiger partial charge in [-0.25, -0.2) is 9.97 Å². The molecule has 248 valence electrons. The Balaban J connectivity index is 1.57. The molecule has 0 aliphatic carbocycles. The first-order chi connectivity index (χ1) is 24.2. The highest BCUT2D eigenvalue weighted by atomic mass is 16.5. The zero-order valence-electron chi connectivity index (χ0n) is 29.0. The molecule has 0 atom stereocenters. The van der Waals surface area contributed by atoms with Gasteiger partial charge in [0.2, 0.25) is 0 Å². The van der Waals surface area contributed by atoms with Gasteiger partial charge in [-0.05, 0) is 97.5 Å². The van der Waals surface area contributed by atoms with E-state index >= 15 is 0 Å². The Morgan fingerprint density at radius 2 is 0.959 bits per heavy atom.